The lowest BCUT2D eigenvalue weighted by atomic mass is 10.0. The van der Waals surface area contributed by atoms with Gasteiger partial charge >= 0.3 is 5.97 Å². The maximum Gasteiger partial charge on any atom is 0.307 e. The molecule has 0 aliphatic heterocycles. The topological polar surface area (TPSA) is 89.8 Å². The van der Waals surface area contributed by atoms with E-state index in [9.17, 15) is 4.79 Å². The van der Waals surface area contributed by atoms with Crippen LogP contribution in [0.3, 0.4) is 0 Å². The summed E-state index contributed by atoms with van der Waals surface area (Å²) in [5, 5.41) is 29.5. The standard InChI is InChI=1S/C12H17NO4/c14-7-11(8-15)13-6-10-4-2-1-3-9(10)5-12(16)17/h1-4,11,13-15H,5-8H2,(H,16,17). The number of hydrogen-bond acceptors (Lipinski definition) is 4. The van der Waals surface area contributed by atoms with Gasteiger partial charge in [0.1, 0.15) is 0 Å². The van der Waals surface area contributed by atoms with E-state index in [2.05, 4.69) is 5.32 Å². The van der Waals surface area contributed by atoms with Gasteiger partial charge in [-0.2, -0.15) is 0 Å². The van der Waals surface area contributed by atoms with Crippen LogP contribution in [0.5, 0.6) is 0 Å². The number of hydrogen-bond donors (Lipinski definition) is 4. The predicted molar refractivity (Wildman–Crippen MR) is 62.6 cm³/mol. The zero-order valence-corrected chi connectivity index (χ0v) is 9.47. The summed E-state index contributed by atoms with van der Waals surface area (Å²) in [7, 11) is 0. The number of carboxylic acid groups (broad SMARTS) is 1. The van der Waals surface area contributed by atoms with Crippen LogP contribution in [0, 0.1) is 0 Å². The lowest BCUT2D eigenvalue weighted by Crippen LogP contribution is -2.35. The smallest absolute Gasteiger partial charge is 0.307 e. The normalized spacial score (nSPS) is 10.8. The fourth-order valence-corrected chi connectivity index (χ4v) is 1.51. The molecule has 94 valence electrons. The summed E-state index contributed by atoms with van der Waals surface area (Å²) in [4.78, 5) is 10.7. The predicted octanol–water partition coefficient (Wildman–Crippen LogP) is -0.243. The molecule has 0 aliphatic rings. The van der Waals surface area contributed by atoms with Crippen molar-refractivity contribution in [3.05, 3.63) is 35.4 Å². The molecule has 0 fully saturated rings. The molecule has 5 heteroatoms. The third-order valence-electron chi connectivity index (χ3n) is 2.48. The monoisotopic (exact) mass is 239 g/mol. The maximum atomic E-state index is 10.7. The molecule has 0 amide bonds. The van der Waals surface area contributed by atoms with Crippen LogP contribution < -0.4 is 5.32 Å². The first kappa shape index (κ1) is 13.6. The van der Waals surface area contributed by atoms with Crippen LogP contribution in [-0.4, -0.2) is 40.5 Å². The van der Waals surface area contributed by atoms with Gasteiger partial charge in [-0.05, 0) is 11.1 Å². The molecule has 0 aliphatic carbocycles. The minimum absolute atomic E-state index is 0.0270. The summed E-state index contributed by atoms with van der Waals surface area (Å²) in [6.07, 6.45) is -0.0270. The van der Waals surface area contributed by atoms with E-state index in [4.69, 9.17) is 15.3 Å². The fourth-order valence-electron chi connectivity index (χ4n) is 1.51. The van der Waals surface area contributed by atoms with Gasteiger partial charge in [0.2, 0.25) is 0 Å². The van der Waals surface area contributed by atoms with Crippen molar-refractivity contribution in [1.82, 2.24) is 5.32 Å². The van der Waals surface area contributed by atoms with Crippen LogP contribution in [0.2, 0.25) is 0 Å². The summed E-state index contributed by atoms with van der Waals surface area (Å²) >= 11 is 0. The second-order valence-electron chi connectivity index (χ2n) is 3.78. The molecule has 0 atom stereocenters. The molecule has 0 unspecified atom stereocenters. The SMILES string of the molecule is O=C(O)Cc1ccccc1CNC(CO)CO. The Kier molecular flexibility index (Phi) is 5.62. The molecule has 17 heavy (non-hydrogen) atoms. The number of aliphatic hydroxyl groups is 2. The van der Waals surface area contributed by atoms with E-state index >= 15 is 0 Å². The van der Waals surface area contributed by atoms with Gasteiger partial charge in [-0.25, -0.2) is 0 Å². The van der Waals surface area contributed by atoms with Crippen molar-refractivity contribution >= 4 is 5.97 Å². The average molecular weight is 239 g/mol. The Morgan fingerprint density at radius 3 is 2.29 bits per heavy atom. The van der Waals surface area contributed by atoms with E-state index in [1.54, 1.807) is 12.1 Å². The Balaban J connectivity index is 2.66. The van der Waals surface area contributed by atoms with E-state index < -0.39 is 5.97 Å². The zero-order chi connectivity index (χ0) is 12.7. The van der Waals surface area contributed by atoms with Crippen molar-refractivity contribution in [3.63, 3.8) is 0 Å². The number of benzene rings is 1. The Bertz CT molecular complexity index is 363. The highest BCUT2D eigenvalue weighted by molar-refractivity contribution is 5.70. The van der Waals surface area contributed by atoms with Gasteiger partial charge in [0.05, 0.1) is 25.7 Å². The van der Waals surface area contributed by atoms with Gasteiger partial charge < -0.3 is 20.6 Å². The molecule has 1 aromatic carbocycles. The van der Waals surface area contributed by atoms with E-state index in [1.807, 2.05) is 12.1 Å². The van der Waals surface area contributed by atoms with Crippen molar-refractivity contribution in [2.24, 2.45) is 0 Å². The van der Waals surface area contributed by atoms with Gasteiger partial charge in [0.25, 0.3) is 0 Å². The first-order chi connectivity index (χ1) is 8.17. The molecule has 0 spiro atoms. The molecule has 0 heterocycles. The number of aliphatic hydroxyl groups excluding tert-OH is 2. The second-order valence-corrected chi connectivity index (χ2v) is 3.78. The van der Waals surface area contributed by atoms with E-state index in [1.165, 1.54) is 0 Å². The molecule has 4 N–H and O–H groups in total. The highest BCUT2D eigenvalue weighted by atomic mass is 16.4. The van der Waals surface area contributed by atoms with Gasteiger partial charge in [0, 0.05) is 6.54 Å². The van der Waals surface area contributed by atoms with Crippen molar-refractivity contribution in [3.8, 4) is 0 Å². The maximum absolute atomic E-state index is 10.7. The van der Waals surface area contributed by atoms with Crippen molar-refractivity contribution in [1.29, 1.82) is 0 Å². The van der Waals surface area contributed by atoms with Crippen LogP contribution in [0.1, 0.15) is 11.1 Å². The number of rotatable bonds is 7. The molecule has 0 saturated carbocycles. The van der Waals surface area contributed by atoms with E-state index in [-0.39, 0.29) is 25.7 Å². The molecular weight excluding hydrogens is 222 g/mol. The van der Waals surface area contributed by atoms with Crippen LogP contribution in [0.15, 0.2) is 24.3 Å². The molecule has 0 saturated heterocycles. The molecular formula is C12H17NO4. The first-order valence-electron chi connectivity index (χ1n) is 5.41. The zero-order valence-electron chi connectivity index (χ0n) is 9.47. The quantitative estimate of drug-likeness (QED) is 0.527. The van der Waals surface area contributed by atoms with Crippen molar-refractivity contribution in [2.75, 3.05) is 13.2 Å². The summed E-state index contributed by atoms with van der Waals surface area (Å²) < 4.78 is 0. The minimum atomic E-state index is -0.877. The van der Waals surface area contributed by atoms with E-state index in [0.29, 0.717) is 6.54 Å². The summed E-state index contributed by atoms with van der Waals surface area (Å²) in [5.74, 6) is -0.877. The number of carboxylic acids is 1. The first-order valence-corrected chi connectivity index (χ1v) is 5.41. The van der Waals surface area contributed by atoms with Crippen LogP contribution >= 0.6 is 0 Å². The number of nitrogens with one attached hydrogen (secondary N) is 1. The van der Waals surface area contributed by atoms with E-state index in [0.717, 1.165) is 11.1 Å². The van der Waals surface area contributed by atoms with Gasteiger partial charge in [-0.1, -0.05) is 24.3 Å². The largest absolute Gasteiger partial charge is 0.481 e. The van der Waals surface area contributed by atoms with Crippen LogP contribution in [0.4, 0.5) is 0 Å². The van der Waals surface area contributed by atoms with Crippen LogP contribution in [0.25, 0.3) is 0 Å². The third kappa shape index (κ3) is 4.52. The highest BCUT2D eigenvalue weighted by Crippen LogP contribution is 2.09. The number of aliphatic carboxylic acids is 1. The van der Waals surface area contributed by atoms with Gasteiger partial charge in [0.15, 0.2) is 0 Å². The Morgan fingerprint density at radius 2 is 1.76 bits per heavy atom. The molecule has 0 bridgehead atoms. The number of carbonyl (C=O) groups is 1. The lowest BCUT2D eigenvalue weighted by molar-refractivity contribution is -0.136. The average Bonchev–Trinajstić information content (AvgIpc) is 2.31. The van der Waals surface area contributed by atoms with Crippen molar-refractivity contribution < 1.29 is 20.1 Å². The molecule has 0 aromatic heterocycles. The third-order valence-corrected chi connectivity index (χ3v) is 2.48. The molecule has 0 radical (unpaired) electrons. The molecule has 5 nitrogen and oxygen atoms in total. The minimum Gasteiger partial charge on any atom is -0.481 e. The molecule has 1 rings (SSSR count). The fraction of sp³-hybridized carbons (Fsp3) is 0.417. The summed E-state index contributed by atoms with van der Waals surface area (Å²) in [5.41, 5.74) is 1.60. The summed E-state index contributed by atoms with van der Waals surface area (Å²) in [6.45, 7) is 0.116. The Morgan fingerprint density at radius 1 is 1.18 bits per heavy atom. The second kappa shape index (κ2) is 7.01. The Labute approximate surface area is 99.7 Å². The lowest BCUT2D eigenvalue weighted by Gasteiger charge is -2.14. The summed E-state index contributed by atoms with van der Waals surface area (Å²) in [6, 6.07) is 6.83. The van der Waals surface area contributed by atoms with Crippen LogP contribution in [-0.2, 0) is 17.8 Å². The highest BCUT2D eigenvalue weighted by Gasteiger charge is 2.08. The van der Waals surface area contributed by atoms with Gasteiger partial charge in [-0.3, -0.25) is 4.79 Å². The molecule has 1 aromatic rings. The van der Waals surface area contributed by atoms with Crippen molar-refractivity contribution in [2.45, 2.75) is 19.0 Å². The Hall–Kier alpha value is -1.43. The van der Waals surface area contributed by atoms with Gasteiger partial charge in [-0.15, -0.1) is 0 Å².